The minimum Gasteiger partial charge on any atom is -0.495 e. The van der Waals surface area contributed by atoms with E-state index in [0.29, 0.717) is 23.1 Å². The molecule has 206 valence electrons. The summed E-state index contributed by atoms with van der Waals surface area (Å²) in [5, 5.41) is 7.10. The summed E-state index contributed by atoms with van der Waals surface area (Å²) in [4.78, 5) is 19.8. The Morgan fingerprint density at radius 3 is 2.45 bits per heavy atom. The Kier molecular flexibility index (Phi) is 7.89. The fourth-order valence-corrected chi connectivity index (χ4v) is 6.06. The van der Waals surface area contributed by atoms with Crippen molar-refractivity contribution in [2.75, 3.05) is 19.0 Å². The van der Waals surface area contributed by atoms with Crippen molar-refractivity contribution in [2.24, 2.45) is 0 Å². The van der Waals surface area contributed by atoms with Crippen LogP contribution >= 0.6 is 12.2 Å². The Morgan fingerprint density at radius 1 is 1.02 bits per heavy atom. The molecule has 1 amide bonds. The first-order chi connectivity index (χ1) is 19.3. The van der Waals surface area contributed by atoms with Gasteiger partial charge in [-0.3, -0.25) is 9.78 Å². The minimum atomic E-state index is -0.154. The van der Waals surface area contributed by atoms with Gasteiger partial charge in [0.15, 0.2) is 5.11 Å². The second kappa shape index (κ2) is 11.5. The minimum absolute atomic E-state index is 0.104. The number of benzene rings is 2. The van der Waals surface area contributed by atoms with Gasteiger partial charge in [-0.25, -0.2) is 0 Å². The van der Waals surface area contributed by atoms with Gasteiger partial charge in [0.05, 0.1) is 30.6 Å². The summed E-state index contributed by atoms with van der Waals surface area (Å²) in [5.41, 5.74) is 8.59. The monoisotopic (exact) mass is 553 g/mol. The van der Waals surface area contributed by atoms with Gasteiger partial charge < -0.3 is 24.8 Å². The predicted octanol–water partition coefficient (Wildman–Crippen LogP) is 6.12. The van der Waals surface area contributed by atoms with Crippen molar-refractivity contribution < 1.29 is 9.53 Å². The average Bonchev–Trinajstić information content (AvgIpc) is 3.41. The Hall–Kier alpha value is -4.17. The second-order valence-corrected chi connectivity index (χ2v) is 10.7. The molecule has 1 aliphatic rings. The first-order valence-corrected chi connectivity index (χ1v) is 13.9. The van der Waals surface area contributed by atoms with Crippen LogP contribution in [-0.2, 0) is 4.79 Å². The van der Waals surface area contributed by atoms with Crippen LogP contribution < -0.4 is 15.4 Å². The summed E-state index contributed by atoms with van der Waals surface area (Å²) in [6, 6.07) is 21.9. The van der Waals surface area contributed by atoms with Gasteiger partial charge in [0.2, 0.25) is 5.91 Å². The van der Waals surface area contributed by atoms with Crippen LogP contribution in [0.3, 0.4) is 0 Å². The third-order valence-corrected chi connectivity index (χ3v) is 7.76. The number of nitrogens with one attached hydrogen (secondary N) is 2. The molecule has 3 heterocycles. The summed E-state index contributed by atoms with van der Waals surface area (Å²) in [6.45, 7) is 8.99. The van der Waals surface area contributed by atoms with Gasteiger partial charge in [-0.1, -0.05) is 24.3 Å². The van der Waals surface area contributed by atoms with E-state index in [1.165, 1.54) is 11.1 Å². The van der Waals surface area contributed by atoms with E-state index in [2.05, 4.69) is 77.0 Å². The normalized spacial score (nSPS) is 16.6. The molecule has 2 atom stereocenters. The number of aryl methyl sites for hydroxylation is 3. The number of pyridine rings is 1. The van der Waals surface area contributed by atoms with Crippen molar-refractivity contribution >= 4 is 28.9 Å². The Bertz CT molecular complexity index is 1530. The molecule has 40 heavy (non-hydrogen) atoms. The fraction of sp³-hybridized carbons (Fsp3) is 0.281. The second-order valence-electron chi connectivity index (χ2n) is 10.3. The van der Waals surface area contributed by atoms with Gasteiger partial charge in [-0.15, -0.1) is 0 Å². The SMILES string of the molecule is COc1ccccc1NC(=O)CCN1C(=S)N[C@H](c2ccccn2)[C@@H]1c1cc(C)n(-c2cc(C)cc(C)c2)c1C. The predicted molar refractivity (Wildman–Crippen MR) is 163 cm³/mol. The Morgan fingerprint density at radius 2 is 1.75 bits per heavy atom. The molecule has 5 rings (SSSR count). The van der Waals surface area contributed by atoms with E-state index < -0.39 is 0 Å². The topological polar surface area (TPSA) is 71.4 Å². The number of rotatable bonds is 8. The van der Waals surface area contributed by atoms with E-state index in [0.717, 1.165) is 28.3 Å². The number of nitrogens with zero attached hydrogens (tertiary/aromatic N) is 3. The van der Waals surface area contributed by atoms with Crippen LogP contribution in [0.15, 0.2) is 72.9 Å². The molecular formula is C32H35N5O2S. The number of hydrogen-bond acceptors (Lipinski definition) is 4. The molecule has 1 saturated heterocycles. The smallest absolute Gasteiger partial charge is 0.226 e. The lowest BCUT2D eigenvalue weighted by atomic mass is 9.96. The third kappa shape index (κ3) is 5.45. The van der Waals surface area contributed by atoms with Crippen LogP contribution in [-0.4, -0.2) is 39.1 Å². The van der Waals surface area contributed by atoms with Gasteiger partial charge in [0.25, 0.3) is 0 Å². The van der Waals surface area contributed by atoms with E-state index in [1.807, 2.05) is 42.5 Å². The van der Waals surface area contributed by atoms with Crippen LogP contribution in [0, 0.1) is 27.7 Å². The van der Waals surface area contributed by atoms with Crippen molar-refractivity contribution in [1.29, 1.82) is 0 Å². The zero-order valence-corrected chi connectivity index (χ0v) is 24.4. The van der Waals surface area contributed by atoms with Crippen molar-refractivity contribution in [1.82, 2.24) is 19.8 Å². The van der Waals surface area contributed by atoms with Gasteiger partial charge in [-0.2, -0.15) is 0 Å². The first kappa shape index (κ1) is 27.4. The summed E-state index contributed by atoms with van der Waals surface area (Å²) < 4.78 is 7.70. The number of carbonyl (C=O) groups excluding carboxylic acids is 1. The van der Waals surface area contributed by atoms with Gasteiger partial charge in [0, 0.05) is 36.2 Å². The maximum Gasteiger partial charge on any atom is 0.226 e. The highest BCUT2D eigenvalue weighted by molar-refractivity contribution is 7.80. The highest BCUT2D eigenvalue weighted by Gasteiger charge is 2.41. The molecule has 0 unspecified atom stereocenters. The molecule has 7 nitrogen and oxygen atoms in total. The Labute approximate surface area is 241 Å². The van der Waals surface area contributed by atoms with E-state index in [-0.39, 0.29) is 24.4 Å². The average molecular weight is 554 g/mol. The van der Waals surface area contributed by atoms with E-state index in [1.54, 1.807) is 13.3 Å². The lowest BCUT2D eigenvalue weighted by Crippen LogP contribution is -2.33. The van der Waals surface area contributed by atoms with Crippen molar-refractivity contribution in [2.45, 2.75) is 46.2 Å². The van der Waals surface area contributed by atoms with Crippen LogP contribution in [0.5, 0.6) is 5.75 Å². The summed E-state index contributed by atoms with van der Waals surface area (Å²) >= 11 is 5.85. The van der Waals surface area contributed by atoms with Crippen LogP contribution in [0.1, 0.15) is 52.3 Å². The van der Waals surface area contributed by atoms with Crippen LogP contribution in [0.4, 0.5) is 5.69 Å². The molecule has 2 aromatic heterocycles. The van der Waals surface area contributed by atoms with Gasteiger partial charge in [-0.05, 0) is 99.1 Å². The molecule has 1 fully saturated rings. The summed E-state index contributed by atoms with van der Waals surface area (Å²) in [6.07, 6.45) is 2.07. The first-order valence-electron chi connectivity index (χ1n) is 13.4. The molecular weight excluding hydrogens is 518 g/mol. The maximum atomic E-state index is 13.0. The standard InChI is InChI=1S/C32H35N5O2S/c1-20-16-21(2)18-24(17-20)37-22(3)19-25(23(37)4)31-30(27-11-8-9-14-33-27)35-32(40)36(31)15-13-29(38)34-26-10-6-7-12-28(26)39-5/h6-12,14,16-19,30-31H,13,15H2,1-5H3,(H,34,38)(H,35,40)/t30-,31+/m1/s1. The van der Waals surface area contributed by atoms with Crippen LogP contribution in [0.2, 0.25) is 0 Å². The number of hydrogen-bond donors (Lipinski definition) is 2. The zero-order valence-electron chi connectivity index (χ0n) is 23.6. The maximum absolute atomic E-state index is 13.0. The molecule has 2 N–H and O–H groups in total. The molecule has 0 bridgehead atoms. The number of ether oxygens (including phenoxy) is 1. The third-order valence-electron chi connectivity index (χ3n) is 7.41. The molecule has 8 heteroatoms. The van der Waals surface area contributed by atoms with Gasteiger partial charge in [0.1, 0.15) is 5.75 Å². The van der Waals surface area contributed by atoms with E-state index >= 15 is 0 Å². The molecule has 4 aromatic rings. The van der Waals surface area contributed by atoms with Crippen molar-refractivity contribution in [3.63, 3.8) is 0 Å². The molecule has 0 spiro atoms. The molecule has 2 aromatic carbocycles. The van der Waals surface area contributed by atoms with Gasteiger partial charge >= 0.3 is 0 Å². The highest BCUT2D eigenvalue weighted by atomic mass is 32.1. The molecule has 0 aliphatic carbocycles. The van der Waals surface area contributed by atoms with E-state index in [9.17, 15) is 4.79 Å². The van der Waals surface area contributed by atoms with Crippen molar-refractivity contribution in [3.05, 3.63) is 107 Å². The number of amides is 1. The molecule has 1 aliphatic heterocycles. The van der Waals surface area contributed by atoms with Crippen molar-refractivity contribution in [3.8, 4) is 11.4 Å². The number of methoxy groups -OCH3 is 1. The number of para-hydroxylation sites is 2. The fourth-order valence-electron chi connectivity index (χ4n) is 5.73. The zero-order chi connectivity index (χ0) is 28.4. The van der Waals surface area contributed by atoms with E-state index in [4.69, 9.17) is 17.0 Å². The quantitative estimate of drug-likeness (QED) is 0.256. The largest absolute Gasteiger partial charge is 0.495 e. The lowest BCUT2D eigenvalue weighted by Gasteiger charge is -2.28. The molecule has 0 saturated carbocycles. The number of carbonyl (C=O) groups is 1. The number of aromatic nitrogens is 2. The Balaban J connectivity index is 1.48. The van der Waals surface area contributed by atoms with Crippen LogP contribution in [0.25, 0.3) is 5.69 Å². The lowest BCUT2D eigenvalue weighted by molar-refractivity contribution is -0.116. The number of thiocarbonyl (C=S) groups is 1. The molecule has 0 radical (unpaired) electrons. The number of anilines is 1. The summed E-state index contributed by atoms with van der Waals surface area (Å²) in [5.74, 6) is 0.522. The summed E-state index contributed by atoms with van der Waals surface area (Å²) in [7, 11) is 1.59. The highest BCUT2D eigenvalue weighted by Crippen LogP contribution is 2.41.